The molecule has 1 aliphatic rings. The molecule has 6 N–H and O–H groups in total. The number of nitrogens with two attached hydrogens (primary N) is 1. The molecule has 0 radical (unpaired) electrons. The molecule has 1 saturated heterocycles. The summed E-state index contributed by atoms with van der Waals surface area (Å²) >= 11 is 0. The number of aliphatic hydroxyl groups is 2. The Morgan fingerprint density at radius 3 is 2.74 bits per heavy atom. The fraction of sp³-hybridized carbons (Fsp3) is 0.625. The van der Waals surface area contributed by atoms with Gasteiger partial charge in [-0.05, 0) is 6.42 Å². The van der Waals surface area contributed by atoms with Crippen LogP contribution in [0.2, 0.25) is 0 Å². The number of nitrogens with one attached hydrogen (secondary N) is 2. The van der Waals surface area contributed by atoms with E-state index in [1.165, 1.54) is 0 Å². The number of ether oxygens (including phenoxy) is 1. The van der Waals surface area contributed by atoms with Crippen LogP contribution < -0.4 is 17.0 Å². The number of guanidine groups is 1. The molecular formula is C16H25N5O6. The highest BCUT2D eigenvalue weighted by Crippen LogP contribution is 2.37. The number of nitrogens with zero attached hydrogens (tertiary/aromatic N) is 2. The Morgan fingerprint density at radius 1 is 1.52 bits per heavy atom. The Hall–Kier alpha value is -2.50. The number of aromatic amines is 1. The highest BCUT2D eigenvalue weighted by molar-refractivity contribution is 5.95. The van der Waals surface area contributed by atoms with Crippen LogP contribution in [0.4, 0.5) is 0 Å². The van der Waals surface area contributed by atoms with Gasteiger partial charge in [0.25, 0.3) is 5.56 Å². The van der Waals surface area contributed by atoms with E-state index in [9.17, 15) is 24.6 Å². The lowest BCUT2D eigenvalue weighted by molar-refractivity contribution is -0.196. The minimum atomic E-state index is -1.97. The van der Waals surface area contributed by atoms with Crippen molar-refractivity contribution >= 4 is 11.9 Å². The largest absolute Gasteiger partial charge is 0.394 e. The van der Waals surface area contributed by atoms with E-state index in [2.05, 4.69) is 4.98 Å². The molecule has 1 aliphatic heterocycles. The van der Waals surface area contributed by atoms with E-state index in [-0.39, 0.29) is 12.8 Å². The number of amides is 1. The van der Waals surface area contributed by atoms with Gasteiger partial charge in [-0.2, -0.15) is 0 Å². The van der Waals surface area contributed by atoms with Crippen LogP contribution in [0.25, 0.3) is 0 Å². The number of carbonyl (C=O) groups is 1. The van der Waals surface area contributed by atoms with Gasteiger partial charge < -0.3 is 20.7 Å². The number of hydrogen-bond acceptors (Lipinski definition) is 7. The molecule has 2 rings (SSSR count). The van der Waals surface area contributed by atoms with Crippen molar-refractivity contribution < 1.29 is 19.7 Å². The highest BCUT2D eigenvalue weighted by atomic mass is 16.6. The van der Waals surface area contributed by atoms with Gasteiger partial charge >= 0.3 is 5.69 Å². The van der Waals surface area contributed by atoms with Crippen molar-refractivity contribution in [1.82, 2.24) is 14.5 Å². The Labute approximate surface area is 154 Å². The van der Waals surface area contributed by atoms with Crippen LogP contribution in [0.1, 0.15) is 39.0 Å². The molecule has 11 nitrogen and oxygen atoms in total. The van der Waals surface area contributed by atoms with Gasteiger partial charge in [-0.3, -0.25) is 24.5 Å². The average molecular weight is 383 g/mol. The van der Waals surface area contributed by atoms with Crippen LogP contribution >= 0.6 is 0 Å². The second kappa shape index (κ2) is 8.46. The van der Waals surface area contributed by atoms with Crippen molar-refractivity contribution in [3.05, 3.63) is 33.1 Å². The van der Waals surface area contributed by atoms with Crippen LogP contribution in [0.5, 0.6) is 0 Å². The van der Waals surface area contributed by atoms with E-state index < -0.39 is 47.8 Å². The number of hydrogen-bond donors (Lipinski definition) is 5. The molecule has 27 heavy (non-hydrogen) atoms. The Morgan fingerprint density at radius 2 is 2.22 bits per heavy atom. The Bertz CT molecular complexity index is 805. The first-order chi connectivity index (χ1) is 12.8. The molecule has 0 aromatic carbocycles. The molecule has 0 aliphatic carbocycles. The van der Waals surface area contributed by atoms with Crippen molar-refractivity contribution in [3.8, 4) is 0 Å². The summed E-state index contributed by atoms with van der Waals surface area (Å²) in [6.07, 6.45) is 0.712. The van der Waals surface area contributed by atoms with Crippen LogP contribution in [0, 0.1) is 5.41 Å². The molecule has 150 valence electrons. The van der Waals surface area contributed by atoms with E-state index in [1.807, 2.05) is 6.92 Å². The van der Waals surface area contributed by atoms with E-state index in [1.54, 1.807) is 0 Å². The molecule has 1 fully saturated rings. The van der Waals surface area contributed by atoms with Crippen molar-refractivity contribution in [1.29, 1.82) is 5.41 Å². The summed E-state index contributed by atoms with van der Waals surface area (Å²) in [7, 11) is 0. The molecule has 1 amide bonds. The molecular weight excluding hydrogens is 358 g/mol. The highest BCUT2D eigenvalue weighted by Gasteiger charge is 2.54. The summed E-state index contributed by atoms with van der Waals surface area (Å²) < 4.78 is 6.59. The van der Waals surface area contributed by atoms with E-state index in [0.717, 1.165) is 34.6 Å². The predicted molar refractivity (Wildman–Crippen MR) is 94.8 cm³/mol. The van der Waals surface area contributed by atoms with E-state index >= 15 is 0 Å². The maximum atomic E-state index is 12.8. The fourth-order valence-electron chi connectivity index (χ4n) is 3.19. The first-order valence-corrected chi connectivity index (χ1v) is 8.73. The number of carbonyl (C=O) groups excluding carboxylic acids is 1. The quantitative estimate of drug-likeness (QED) is 0.218. The van der Waals surface area contributed by atoms with Crippen molar-refractivity contribution in [2.24, 2.45) is 5.73 Å². The van der Waals surface area contributed by atoms with Gasteiger partial charge in [-0.1, -0.05) is 19.8 Å². The molecule has 0 unspecified atom stereocenters. The third kappa shape index (κ3) is 4.10. The van der Waals surface area contributed by atoms with E-state index in [0.29, 0.717) is 6.42 Å². The van der Waals surface area contributed by atoms with Crippen molar-refractivity contribution in [2.45, 2.75) is 57.1 Å². The molecule has 1 aromatic rings. The number of aromatic nitrogens is 2. The summed E-state index contributed by atoms with van der Waals surface area (Å²) in [4.78, 5) is 39.4. The molecule has 0 bridgehead atoms. The van der Waals surface area contributed by atoms with Crippen LogP contribution in [0.3, 0.4) is 0 Å². The third-order valence-corrected chi connectivity index (χ3v) is 4.46. The lowest BCUT2D eigenvalue weighted by atomic mass is 10.1. The van der Waals surface area contributed by atoms with Crippen LogP contribution in [-0.4, -0.2) is 55.3 Å². The zero-order valence-corrected chi connectivity index (χ0v) is 15.1. The molecule has 11 heteroatoms. The minimum Gasteiger partial charge on any atom is -0.394 e. The fourth-order valence-corrected chi connectivity index (χ4v) is 3.19. The summed E-state index contributed by atoms with van der Waals surface area (Å²) in [6, 6.07) is 1.05. The maximum absolute atomic E-state index is 12.8. The van der Waals surface area contributed by atoms with Gasteiger partial charge in [-0.15, -0.1) is 0 Å². The summed E-state index contributed by atoms with van der Waals surface area (Å²) in [5, 5.41) is 27.6. The number of rotatable bonds is 7. The summed E-state index contributed by atoms with van der Waals surface area (Å²) in [5.41, 5.74) is 4.07. The van der Waals surface area contributed by atoms with Gasteiger partial charge in [0.2, 0.25) is 11.8 Å². The predicted octanol–water partition coefficient (Wildman–Crippen LogP) is -1.41. The Kier molecular flexibility index (Phi) is 6.52. The molecule has 1 aromatic heterocycles. The van der Waals surface area contributed by atoms with Crippen LogP contribution in [0.15, 0.2) is 21.9 Å². The maximum Gasteiger partial charge on any atom is 0.332 e. The zero-order valence-electron chi connectivity index (χ0n) is 15.1. The SMILES string of the molecule is CCCCCC(=O)N(C(=N)N)[C@]1(n2ccc(=O)[nH]c2=O)C[C@H](O)[C@@H](CO)O1. The Balaban J connectivity index is 2.57. The van der Waals surface area contributed by atoms with Gasteiger partial charge in [0.05, 0.1) is 12.7 Å². The summed E-state index contributed by atoms with van der Waals surface area (Å²) in [6.45, 7) is 1.40. The van der Waals surface area contributed by atoms with E-state index in [4.69, 9.17) is 15.9 Å². The zero-order chi connectivity index (χ0) is 20.2. The molecule has 0 spiro atoms. The number of unbranched alkanes of at least 4 members (excludes halogenated alkanes) is 2. The lowest BCUT2D eigenvalue weighted by Gasteiger charge is -2.40. The van der Waals surface area contributed by atoms with Gasteiger partial charge in [0, 0.05) is 25.1 Å². The topological polar surface area (TPSA) is 175 Å². The first kappa shape index (κ1) is 20.8. The van der Waals surface area contributed by atoms with Gasteiger partial charge in [-0.25, -0.2) is 9.69 Å². The standard InChI is InChI=1S/C16H25N5O6/c1-2-3-4-5-13(25)21(14(17)18)16(8-10(23)11(9-22)27-16)20-7-6-12(24)19-15(20)26/h6-7,10-11,22-23H,2-5,8-9H2,1H3,(H3,17,18)(H,19,24,26)/t10-,11+,16+/m0/s1. The van der Waals surface area contributed by atoms with Crippen molar-refractivity contribution in [3.63, 3.8) is 0 Å². The second-order valence-corrected chi connectivity index (χ2v) is 6.41. The van der Waals surface area contributed by atoms with Gasteiger partial charge in [0.15, 0.2) is 5.96 Å². The van der Waals surface area contributed by atoms with Crippen LogP contribution in [-0.2, 0) is 15.4 Å². The normalized spacial score (nSPS) is 24.7. The number of H-pyrrole nitrogens is 1. The summed E-state index contributed by atoms with van der Waals surface area (Å²) in [5.74, 6) is -3.22. The smallest absolute Gasteiger partial charge is 0.332 e. The van der Waals surface area contributed by atoms with Gasteiger partial charge in [0.1, 0.15) is 6.10 Å². The average Bonchev–Trinajstić information content (AvgIpc) is 2.91. The lowest BCUT2D eigenvalue weighted by Crippen LogP contribution is -2.61. The first-order valence-electron chi connectivity index (χ1n) is 8.73. The minimum absolute atomic E-state index is 0.0521. The monoisotopic (exact) mass is 383 g/mol. The molecule has 2 heterocycles. The second-order valence-electron chi connectivity index (χ2n) is 6.41. The molecule has 0 saturated carbocycles. The molecule has 3 atom stereocenters. The number of aliphatic hydroxyl groups excluding tert-OH is 2. The third-order valence-electron chi connectivity index (χ3n) is 4.46. The van der Waals surface area contributed by atoms with Crippen molar-refractivity contribution in [2.75, 3.05) is 6.61 Å².